The molecule has 3 aliphatic heterocycles. The van der Waals surface area contributed by atoms with E-state index in [9.17, 15) is 4.79 Å². The van der Waals surface area contributed by atoms with E-state index in [0.717, 1.165) is 11.1 Å². The molecule has 0 amide bonds. The van der Waals surface area contributed by atoms with Crippen LogP contribution in [-0.4, -0.2) is 36.6 Å². The van der Waals surface area contributed by atoms with Crippen LogP contribution in [0.15, 0.2) is 65.8 Å². The van der Waals surface area contributed by atoms with Crippen molar-refractivity contribution in [1.82, 2.24) is 0 Å². The van der Waals surface area contributed by atoms with Gasteiger partial charge in [-0.1, -0.05) is 65.8 Å². The van der Waals surface area contributed by atoms with Gasteiger partial charge in [0.25, 0.3) is 0 Å². The molecule has 2 aromatic carbocycles. The van der Waals surface area contributed by atoms with Crippen LogP contribution < -0.4 is 0 Å². The molecular weight excluding hydrogens is 334 g/mol. The number of carbonyl (C=O) groups excluding carboxylic acids is 1. The fourth-order valence-electron chi connectivity index (χ4n) is 3.67. The second-order valence-corrected chi connectivity index (χ2v) is 6.54. The summed E-state index contributed by atoms with van der Waals surface area (Å²) in [5, 5.41) is 4.18. The van der Waals surface area contributed by atoms with Gasteiger partial charge in [0, 0.05) is 11.1 Å². The first-order valence-corrected chi connectivity index (χ1v) is 8.63. The van der Waals surface area contributed by atoms with Gasteiger partial charge in [0.15, 0.2) is 18.5 Å². The minimum absolute atomic E-state index is 0.267. The van der Waals surface area contributed by atoms with E-state index in [-0.39, 0.29) is 12.6 Å². The highest BCUT2D eigenvalue weighted by atomic mass is 16.7. The molecule has 5 atom stereocenters. The van der Waals surface area contributed by atoms with Crippen molar-refractivity contribution in [2.24, 2.45) is 11.1 Å². The van der Waals surface area contributed by atoms with Crippen molar-refractivity contribution in [3.05, 3.63) is 71.8 Å². The predicted octanol–water partition coefficient (Wildman–Crippen LogP) is 2.45. The van der Waals surface area contributed by atoms with E-state index >= 15 is 0 Å². The van der Waals surface area contributed by atoms with E-state index in [1.165, 1.54) is 0 Å². The first-order chi connectivity index (χ1) is 12.8. The molecule has 0 aliphatic carbocycles. The Balaban J connectivity index is 1.41. The maximum absolute atomic E-state index is 12.6. The second-order valence-electron chi connectivity index (χ2n) is 6.54. The summed E-state index contributed by atoms with van der Waals surface area (Å²) in [6, 6.07) is 19.2. The first kappa shape index (κ1) is 15.5. The number of hydrogen-bond donors (Lipinski definition) is 0. The Morgan fingerprint density at radius 3 is 2.42 bits per heavy atom. The van der Waals surface area contributed by atoms with Crippen molar-refractivity contribution < 1.29 is 23.8 Å². The van der Waals surface area contributed by atoms with E-state index in [1.807, 2.05) is 60.7 Å². The van der Waals surface area contributed by atoms with Crippen molar-refractivity contribution in [2.45, 2.75) is 24.6 Å². The lowest BCUT2D eigenvalue weighted by atomic mass is 9.85. The Morgan fingerprint density at radius 2 is 1.65 bits per heavy atom. The average molecular weight is 351 g/mol. The van der Waals surface area contributed by atoms with Crippen LogP contribution in [0.2, 0.25) is 0 Å². The van der Waals surface area contributed by atoms with Crippen LogP contribution in [0.1, 0.15) is 17.4 Å². The van der Waals surface area contributed by atoms with E-state index in [4.69, 9.17) is 19.0 Å². The van der Waals surface area contributed by atoms with Crippen LogP contribution in [0.4, 0.5) is 0 Å². The van der Waals surface area contributed by atoms with Crippen molar-refractivity contribution in [3.8, 4) is 0 Å². The minimum atomic E-state index is -0.590. The Bertz CT molecular complexity index is 838. The fourth-order valence-corrected chi connectivity index (χ4v) is 3.67. The molecule has 5 rings (SSSR count). The molecule has 2 fully saturated rings. The number of nitrogens with zero attached hydrogens (tertiary/aromatic N) is 1. The summed E-state index contributed by atoms with van der Waals surface area (Å²) in [7, 11) is 0. The van der Waals surface area contributed by atoms with Crippen LogP contribution in [0.25, 0.3) is 0 Å². The number of esters is 1. The molecule has 2 aromatic rings. The third-order valence-electron chi connectivity index (χ3n) is 4.94. The minimum Gasteiger partial charge on any atom is -0.456 e. The van der Waals surface area contributed by atoms with Crippen molar-refractivity contribution in [1.29, 1.82) is 0 Å². The van der Waals surface area contributed by atoms with Crippen LogP contribution in [0.3, 0.4) is 0 Å². The topological polar surface area (TPSA) is 66.4 Å². The molecule has 0 spiro atoms. The molecular formula is C20H17NO5. The zero-order chi connectivity index (χ0) is 17.5. The van der Waals surface area contributed by atoms with Gasteiger partial charge in [0.2, 0.25) is 0 Å². The molecule has 0 radical (unpaired) electrons. The number of hydrogen-bond acceptors (Lipinski definition) is 6. The highest BCUT2D eigenvalue weighted by molar-refractivity contribution is 6.13. The molecule has 6 nitrogen and oxygen atoms in total. The largest absolute Gasteiger partial charge is 0.456 e. The van der Waals surface area contributed by atoms with Gasteiger partial charge >= 0.3 is 5.97 Å². The normalized spacial score (nSPS) is 32.7. The molecule has 132 valence electrons. The molecule has 26 heavy (non-hydrogen) atoms. The van der Waals surface area contributed by atoms with Gasteiger partial charge in [0.05, 0.1) is 6.61 Å². The average Bonchev–Trinajstić information content (AvgIpc) is 3.15. The number of fused-ring (bicyclic) bond motifs is 3. The summed E-state index contributed by atoms with van der Waals surface area (Å²) >= 11 is 0. The van der Waals surface area contributed by atoms with E-state index < -0.39 is 30.5 Å². The van der Waals surface area contributed by atoms with Gasteiger partial charge < -0.3 is 19.0 Å². The number of rotatable bonds is 2. The Kier molecular flexibility index (Phi) is 3.72. The Labute approximate surface area is 150 Å². The third kappa shape index (κ3) is 2.50. The van der Waals surface area contributed by atoms with Crippen molar-refractivity contribution in [3.63, 3.8) is 0 Å². The molecule has 3 aliphatic rings. The first-order valence-electron chi connectivity index (χ1n) is 8.63. The smallest absolute Gasteiger partial charge is 0.319 e. The SMILES string of the molecule is O=C1O[C@@H]2CO[C@@H](c3ccccc3)O[C@H]2[C@H]2ON=C(c3ccccc3)[C@@H]12. The van der Waals surface area contributed by atoms with Crippen LogP contribution >= 0.6 is 0 Å². The van der Waals surface area contributed by atoms with Crippen molar-refractivity contribution in [2.75, 3.05) is 6.61 Å². The summed E-state index contributed by atoms with van der Waals surface area (Å²) in [6.45, 7) is 0.267. The molecule has 0 N–H and O–H groups in total. The molecule has 6 heteroatoms. The zero-order valence-electron chi connectivity index (χ0n) is 13.9. The maximum atomic E-state index is 12.6. The van der Waals surface area contributed by atoms with Gasteiger partial charge in [-0.3, -0.25) is 4.79 Å². The van der Waals surface area contributed by atoms with Crippen molar-refractivity contribution >= 4 is 11.7 Å². The van der Waals surface area contributed by atoms with E-state index in [0.29, 0.717) is 5.71 Å². The lowest BCUT2D eigenvalue weighted by Crippen LogP contribution is -2.58. The Hall–Kier alpha value is -2.70. The molecule has 3 heterocycles. The van der Waals surface area contributed by atoms with Gasteiger partial charge in [0.1, 0.15) is 17.7 Å². The lowest BCUT2D eigenvalue weighted by Gasteiger charge is -2.42. The highest BCUT2D eigenvalue weighted by Gasteiger charge is 2.56. The van der Waals surface area contributed by atoms with Gasteiger partial charge in [-0.2, -0.15) is 0 Å². The number of oxime groups is 1. The molecule has 0 aromatic heterocycles. The van der Waals surface area contributed by atoms with Crippen LogP contribution in [0.5, 0.6) is 0 Å². The number of carbonyl (C=O) groups is 1. The number of benzene rings is 2. The molecule has 0 bridgehead atoms. The Morgan fingerprint density at radius 1 is 0.923 bits per heavy atom. The summed E-state index contributed by atoms with van der Waals surface area (Å²) in [5.74, 6) is -0.935. The second kappa shape index (κ2) is 6.23. The fraction of sp³-hybridized carbons (Fsp3) is 0.300. The lowest BCUT2D eigenvalue weighted by molar-refractivity contribution is -0.296. The summed E-state index contributed by atoms with van der Waals surface area (Å²) in [5.41, 5.74) is 2.36. The van der Waals surface area contributed by atoms with Gasteiger partial charge in [-0.25, -0.2) is 0 Å². The quantitative estimate of drug-likeness (QED) is 0.778. The van der Waals surface area contributed by atoms with E-state index in [2.05, 4.69) is 5.16 Å². The summed E-state index contributed by atoms with van der Waals surface area (Å²) in [4.78, 5) is 18.2. The van der Waals surface area contributed by atoms with Gasteiger partial charge in [-0.05, 0) is 0 Å². The van der Waals surface area contributed by atoms with Gasteiger partial charge in [-0.15, -0.1) is 0 Å². The predicted molar refractivity (Wildman–Crippen MR) is 91.2 cm³/mol. The summed E-state index contributed by atoms with van der Waals surface area (Å²) in [6.07, 6.45) is -1.94. The molecule has 0 unspecified atom stereocenters. The monoisotopic (exact) mass is 351 g/mol. The van der Waals surface area contributed by atoms with E-state index in [1.54, 1.807) is 0 Å². The maximum Gasteiger partial charge on any atom is 0.319 e. The highest BCUT2D eigenvalue weighted by Crippen LogP contribution is 2.39. The van der Waals surface area contributed by atoms with Crippen LogP contribution in [-0.2, 0) is 23.8 Å². The molecule has 2 saturated heterocycles. The standard InChI is InChI=1S/C20H17NO5/c22-19-15-16(12-7-3-1-4-8-12)21-26-18(15)17-14(24-19)11-23-20(25-17)13-9-5-2-6-10-13/h1-10,14-15,17-18,20H,11H2/t14-,15-,17-,18+,20-/m1/s1. The number of ether oxygens (including phenoxy) is 3. The third-order valence-corrected chi connectivity index (χ3v) is 4.94. The summed E-state index contributed by atoms with van der Waals surface area (Å²) < 4.78 is 17.5. The molecule has 0 saturated carbocycles. The zero-order valence-corrected chi connectivity index (χ0v) is 13.9. The van der Waals surface area contributed by atoms with Crippen LogP contribution in [0, 0.1) is 5.92 Å².